The molecule has 0 spiro atoms. The van der Waals surface area contributed by atoms with Crippen molar-refractivity contribution in [3.8, 4) is 0 Å². The van der Waals surface area contributed by atoms with E-state index in [0.717, 1.165) is 12.1 Å². The zero-order valence-corrected chi connectivity index (χ0v) is 16.5. The number of benzene rings is 1. The van der Waals surface area contributed by atoms with Crippen molar-refractivity contribution in [2.75, 3.05) is 0 Å². The van der Waals surface area contributed by atoms with Gasteiger partial charge in [-0.2, -0.15) is 39.5 Å². The smallest absolute Gasteiger partial charge is 0.315 e. The quantitative estimate of drug-likeness (QED) is 0.248. The molecule has 0 saturated heterocycles. The van der Waals surface area contributed by atoms with Crippen LogP contribution < -0.4 is 0 Å². The number of hydrogen-bond acceptors (Lipinski definition) is 4. The van der Waals surface area contributed by atoms with Crippen molar-refractivity contribution >= 4 is 16.7 Å². The first-order valence-electron chi connectivity index (χ1n) is 8.88. The van der Waals surface area contributed by atoms with Crippen molar-refractivity contribution in [1.82, 2.24) is 14.5 Å². The molecule has 1 aromatic carbocycles. The standard InChI is InChI=1S/C18H10F10N4O2/c1-8-4-9(2-3-11(8)32(33)34)7-31-12-6-29-13(5-10(12)30-14(31)16(20,21)22)15(19,17(23,24)25)18(26,27)28/h2-6H,7H2,1H3. The van der Waals surface area contributed by atoms with E-state index in [1.54, 1.807) is 0 Å². The maximum atomic E-state index is 14.3. The highest BCUT2D eigenvalue weighted by Crippen LogP contribution is 2.53. The predicted octanol–water partition coefficient (Wildman–Crippen LogP) is 6.00. The molecular formula is C18H10F10N4O2. The fourth-order valence-electron chi connectivity index (χ4n) is 3.24. The van der Waals surface area contributed by atoms with E-state index >= 15 is 0 Å². The van der Waals surface area contributed by atoms with Crippen LogP contribution in [0.25, 0.3) is 11.0 Å². The number of fused-ring (bicyclic) bond motifs is 1. The van der Waals surface area contributed by atoms with Crippen molar-refractivity contribution in [3.63, 3.8) is 0 Å². The van der Waals surface area contributed by atoms with Crippen LogP contribution in [0.15, 0.2) is 30.5 Å². The molecule has 0 unspecified atom stereocenters. The van der Waals surface area contributed by atoms with Gasteiger partial charge in [-0.25, -0.2) is 9.37 Å². The lowest BCUT2D eigenvalue weighted by Crippen LogP contribution is -2.50. The maximum absolute atomic E-state index is 14.3. The first kappa shape index (κ1) is 25.2. The molecule has 0 aliphatic rings. The second kappa shape index (κ2) is 7.80. The van der Waals surface area contributed by atoms with Crippen molar-refractivity contribution in [2.24, 2.45) is 0 Å². The van der Waals surface area contributed by atoms with Gasteiger partial charge in [-0.05, 0) is 24.6 Å². The normalized spacial score (nSPS) is 13.5. The van der Waals surface area contributed by atoms with Crippen LogP contribution in [0.1, 0.15) is 22.6 Å². The molecule has 16 heteroatoms. The van der Waals surface area contributed by atoms with Crippen molar-refractivity contribution in [1.29, 1.82) is 0 Å². The predicted molar refractivity (Wildman–Crippen MR) is 94.4 cm³/mol. The van der Waals surface area contributed by atoms with Gasteiger partial charge in [0.2, 0.25) is 5.82 Å². The Morgan fingerprint density at radius 3 is 2.03 bits per heavy atom. The minimum absolute atomic E-state index is 0.0717. The highest BCUT2D eigenvalue weighted by atomic mass is 19.4. The van der Waals surface area contributed by atoms with Gasteiger partial charge >= 0.3 is 24.2 Å². The Hall–Kier alpha value is -3.46. The molecule has 0 fully saturated rings. The SMILES string of the molecule is Cc1cc(Cn2c(C(F)(F)F)nc3cc(C(F)(C(F)(F)F)C(F)(F)F)ncc32)ccc1[N+](=O)[O-]. The van der Waals surface area contributed by atoms with Gasteiger partial charge in [-0.3, -0.25) is 15.1 Å². The summed E-state index contributed by atoms with van der Waals surface area (Å²) in [7, 11) is 0. The lowest BCUT2D eigenvalue weighted by Gasteiger charge is -2.29. The third-order valence-corrected chi connectivity index (χ3v) is 4.82. The summed E-state index contributed by atoms with van der Waals surface area (Å²) < 4.78 is 133. The van der Waals surface area contributed by atoms with E-state index in [1.807, 2.05) is 0 Å². The fraction of sp³-hybridized carbons (Fsp3) is 0.333. The number of nitro groups is 1. The van der Waals surface area contributed by atoms with Crippen LogP contribution in [0.4, 0.5) is 49.6 Å². The average Bonchev–Trinajstić information content (AvgIpc) is 3.03. The van der Waals surface area contributed by atoms with Crippen molar-refractivity contribution in [3.05, 3.63) is 63.2 Å². The molecule has 0 aliphatic heterocycles. The van der Waals surface area contributed by atoms with E-state index in [-0.39, 0.29) is 29.1 Å². The van der Waals surface area contributed by atoms with Gasteiger partial charge in [-0.1, -0.05) is 6.07 Å². The van der Waals surface area contributed by atoms with E-state index in [1.165, 1.54) is 13.0 Å². The number of alkyl halides is 10. The van der Waals surface area contributed by atoms with Crippen LogP contribution in [0.2, 0.25) is 0 Å². The molecule has 0 bridgehead atoms. The maximum Gasteiger partial charge on any atom is 0.449 e. The molecular weight excluding hydrogens is 494 g/mol. The van der Waals surface area contributed by atoms with Crippen molar-refractivity contribution < 1.29 is 48.8 Å². The molecule has 3 aromatic rings. The third-order valence-electron chi connectivity index (χ3n) is 4.82. The molecule has 6 nitrogen and oxygen atoms in total. The van der Waals surface area contributed by atoms with E-state index in [4.69, 9.17) is 0 Å². The first-order valence-corrected chi connectivity index (χ1v) is 8.88. The highest BCUT2D eigenvalue weighted by Gasteiger charge is 2.74. The summed E-state index contributed by atoms with van der Waals surface area (Å²) in [6.45, 7) is 0.631. The first-order chi connectivity index (χ1) is 15.4. The van der Waals surface area contributed by atoms with Crippen LogP contribution in [0.3, 0.4) is 0 Å². The summed E-state index contributed by atoms with van der Waals surface area (Å²) in [6.07, 6.45) is -18.0. The summed E-state index contributed by atoms with van der Waals surface area (Å²) >= 11 is 0. The Balaban J connectivity index is 2.20. The molecule has 0 amide bonds. The minimum atomic E-state index is -6.52. The summed E-state index contributed by atoms with van der Waals surface area (Å²) in [4.78, 5) is 16.1. The van der Waals surface area contributed by atoms with Gasteiger partial charge in [0.1, 0.15) is 0 Å². The average molecular weight is 504 g/mol. The number of halogens is 10. The Kier molecular flexibility index (Phi) is 5.77. The van der Waals surface area contributed by atoms with E-state index < -0.39 is 58.2 Å². The molecule has 0 atom stereocenters. The molecule has 0 N–H and O–H groups in total. The number of hydrogen-bond donors (Lipinski definition) is 0. The number of rotatable bonds is 4. The highest BCUT2D eigenvalue weighted by molar-refractivity contribution is 5.76. The minimum Gasteiger partial charge on any atom is -0.315 e. The van der Waals surface area contributed by atoms with Gasteiger partial charge in [0.05, 0.1) is 27.8 Å². The molecule has 34 heavy (non-hydrogen) atoms. The number of nitro benzene ring substituents is 1. The van der Waals surface area contributed by atoms with Gasteiger partial charge in [0.15, 0.2) is 0 Å². The fourth-order valence-corrected chi connectivity index (χ4v) is 3.24. The topological polar surface area (TPSA) is 73.8 Å². The Labute approximate surface area is 182 Å². The molecule has 0 radical (unpaired) electrons. The number of aromatic nitrogens is 3. The van der Waals surface area contributed by atoms with Gasteiger partial charge in [-0.15, -0.1) is 0 Å². The van der Waals surface area contributed by atoms with Gasteiger partial charge in [0.25, 0.3) is 5.69 Å². The summed E-state index contributed by atoms with van der Waals surface area (Å²) in [5, 5.41) is 10.9. The summed E-state index contributed by atoms with van der Waals surface area (Å²) in [5.74, 6) is -1.71. The molecule has 2 aromatic heterocycles. The van der Waals surface area contributed by atoms with Crippen LogP contribution in [0, 0.1) is 17.0 Å². The van der Waals surface area contributed by atoms with Gasteiger partial charge in [0, 0.05) is 18.2 Å². The molecule has 2 heterocycles. The Morgan fingerprint density at radius 2 is 1.56 bits per heavy atom. The van der Waals surface area contributed by atoms with E-state index in [2.05, 4.69) is 9.97 Å². The monoisotopic (exact) mass is 504 g/mol. The number of imidazole rings is 1. The molecule has 0 saturated carbocycles. The molecule has 184 valence electrons. The summed E-state index contributed by atoms with van der Waals surface area (Å²) in [5.41, 5.74) is -10.0. The van der Waals surface area contributed by atoms with Gasteiger partial charge < -0.3 is 4.57 Å². The lowest BCUT2D eigenvalue weighted by atomic mass is 9.99. The largest absolute Gasteiger partial charge is 0.449 e. The van der Waals surface area contributed by atoms with Crippen LogP contribution in [-0.4, -0.2) is 31.8 Å². The van der Waals surface area contributed by atoms with E-state index in [0.29, 0.717) is 4.57 Å². The zero-order valence-electron chi connectivity index (χ0n) is 16.5. The molecule has 3 rings (SSSR count). The summed E-state index contributed by atoms with van der Waals surface area (Å²) in [6, 6.07) is 3.14. The number of aryl methyl sites for hydroxylation is 1. The second-order valence-corrected chi connectivity index (χ2v) is 7.11. The van der Waals surface area contributed by atoms with Crippen LogP contribution in [0.5, 0.6) is 0 Å². The number of nitrogens with zero attached hydrogens (tertiary/aromatic N) is 4. The van der Waals surface area contributed by atoms with E-state index in [9.17, 15) is 54.0 Å². The zero-order chi connectivity index (χ0) is 25.9. The van der Waals surface area contributed by atoms with Crippen LogP contribution in [-0.2, 0) is 18.4 Å². The molecule has 0 aliphatic carbocycles. The second-order valence-electron chi connectivity index (χ2n) is 7.11. The van der Waals surface area contributed by atoms with Crippen molar-refractivity contribution in [2.45, 2.75) is 37.7 Å². The Bertz CT molecular complexity index is 1250. The third kappa shape index (κ3) is 4.11. The lowest BCUT2D eigenvalue weighted by molar-refractivity contribution is -0.385. The number of pyridine rings is 1. The van der Waals surface area contributed by atoms with Crippen LogP contribution >= 0.6 is 0 Å². The Morgan fingerprint density at radius 1 is 0.971 bits per heavy atom.